The van der Waals surface area contributed by atoms with Crippen LogP contribution in [0.2, 0.25) is 0 Å². The van der Waals surface area contributed by atoms with E-state index in [0.717, 1.165) is 36.8 Å². The first kappa shape index (κ1) is 16.0. The molecule has 1 aliphatic rings. The van der Waals surface area contributed by atoms with Gasteiger partial charge in [0, 0.05) is 25.2 Å². The van der Waals surface area contributed by atoms with Crippen molar-refractivity contribution in [3.63, 3.8) is 0 Å². The monoisotopic (exact) mass is 289 g/mol. The molecule has 0 aliphatic carbocycles. The Morgan fingerprint density at radius 2 is 2.05 bits per heavy atom. The van der Waals surface area contributed by atoms with Crippen LogP contribution in [0.3, 0.4) is 0 Å². The van der Waals surface area contributed by atoms with Gasteiger partial charge in [-0.05, 0) is 56.0 Å². The van der Waals surface area contributed by atoms with Gasteiger partial charge in [0.05, 0.1) is 0 Å². The minimum Gasteiger partial charge on any atom is -0.326 e. The SMILES string of the molecule is CC1CCCN(CCC(=O)Nc2ccc(CN)cc2)CC1. The lowest BCUT2D eigenvalue weighted by Crippen LogP contribution is -2.29. The summed E-state index contributed by atoms with van der Waals surface area (Å²) in [6.45, 7) is 5.96. The Hall–Kier alpha value is -1.39. The fourth-order valence-corrected chi connectivity index (χ4v) is 2.75. The minimum absolute atomic E-state index is 0.0905. The molecule has 1 aromatic carbocycles. The van der Waals surface area contributed by atoms with E-state index in [1.165, 1.54) is 19.3 Å². The van der Waals surface area contributed by atoms with Gasteiger partial charge in [0.15, 0.2) is 0 Å². The van der Waals surface area contributed by atoms with Crippen molar-refractivity contribution in [1.29, 1.82) is 0 Å². The zero-order valence-corrected chi connectivity index (χ0v) is 13.0. The van der Waals surface area contributed by atoms with Crippen LogP contribution >= 0.6 is 0 Å². The Labute approximate surface area is 127 Å². The van der Waals surface area contributed by atoms with E-state index in [0.29, 0.717) is 13.0 Å². The molecule has 1 amide bonds. The maximum atomic E-state index is 12.0. The molecule has 0 radical (unpaired) electrons. The standard InChI is InChI=1S/C17H27N3O/c1-14-3-2-10-20(11-8-14)12-9-17(21)19-16-6-4-15(13-18)5-7-16/h4-7,14H,2-3,8-13,18H2,1H3,(H,19,21). The number of nitrogens with two attached hydrogens (primary N) is 1. The molecular formula is C17H27N3O. The molecule has 1 aromatic rings. The zero-order chi connectivity index (χ0) is 15.1. The molecule has 2 rings (SSSR count). The summed E-state index contributed by atoms with van der Waals surface area (Å²) in [7, 11) is 0. The van der Waals surface area contributed by atoms with E-state index < -0.39 is 0 Å². The minimum atomic E-state index is 0.0905. The van der Waals surface area contributed by atoms with Crippen molar-refractivity contribution < 1.29 is 4.79 Å². The van der Waals surface area contributed by atoms with E-state index in [-0.39, 0.29) is 5.91 Å². The molecule has 1 fully saturated rings. The summed E-state index contributed by atoms with van der Waals surface area (Å²) >= 11 is 0. The Bertz CT molecular complexity index is 444. The van der Waals surface area contributed by atoms with Crippen LogP contribution in [-0.4, -0.2) is 30.4 Å². The smallest absolute Gasteiger partial charge is 0.225 e. The van der Waals surface area contributed by atoms with Crippen molar-refractivity contribution in [2.45, 2.75) is 39.2 Å². The summed E-state index contributed by atoms with van der Waals surface area (Å²) in [6.07, 6.45) is 4.38. The van der Waals surface area contributed by atoms with Gasteiger partial charge in [0.1, 0.15) is 0 Å². The quantitative estimate of drug-likeness (QED) is 0.876. The molecule has 0 saturated carbocycles. The second-order valence-corrected chi connectivity index (χ2v) is 6.08. The number of likely N-dealkylation sites (tertiary alicyclic amines) is 1. The lowest BCUT2D eigenvalue weighted by molar-refractivity contribution is -0.116. The topological polar surface area (TPSA) is 58.4 Å². The lowest BCUT2D eigenvalue weighted by Gasteiger charge is -2.19. The predicted molar refractivity (Wildman–Crippen MR) is 87.0 cm³/mol. The zero-order valence-electron chi connectivity index (χ0n) is 13.0. The number of hydrogen-bond donors (Lipinski definition) is 2. The van der Waals surface area contributed by atoms with Crippen molar-refractivity contribution in [1.82, 2.24) is 4.90 Å². The van der Waals surface area contributed by atoms with E-state index in [1.807, 2.05) is 24.3 Å². The van der Waals surface area contributed by atoms with Crippen LogP contribution in [-0.2, 0) is 11.3 Å². The third-order valence-electron chi connectivity index (χ3n) is 4.24. The number of amides is 1. The van der Waals surface area contributed by atoms with Crippen LogP contribution in [0.4, 0.5) is 5.69 Å². The molecule has 0 spiro atoms. The maximum Gasteiger partial charge on any atom is 0.225 e. The summed E-state index contributed by atoms with van der Waals surface area (Å²) in [5.41, 5.74) is 7.49. The Morgan fingerprint density at radius 1 is 1.29 bits per heavy atom. The van der Waals surface area contributed by atoms with Crippen molar-refractivity contribution in [3.05, 3.63) is 29.8 Å². The van der Waals surface area contributed by atoms with Crippen LogP contribution in [0.25, 0.3) is 0 Å². The fraction of sp³-hybridized carbons (Fsp3) is 0.588. The summed E-state index contributed by atoms with van der Waals surface area (Å²) in [5, 5.41) is 2.95. The van der Waals surface area contributed by atoms with E-state index in [2.05, 4.69) is 17.1 Å². The third-order valence-corrected chi connectivity index (χ3v) is 4.24. The number of nitrogens with zero attached hydrogens (tertiary/aromatic N) is 1. The van der Waals surface area contributed by atoms with Gasteiger partial charge >= 0.3 is 0 Å². The molecule has 0 bridgehead atoms. The fourth-order valence-electron chi connectivity index (χ4n) is 2.75. The predicted octanol–water partition coefficient (Wildman–Crippen LogP) is 2.60. The molecule has 0 aromatic heterocycles. The Kier molecular flexibility index (Phi) is 6.21. The first-order valence-corrected chi connectivity index (χ1v) is 7.98. The molecular weight excluding hydrogens is 262 g/mol. The van der Waals surface area contributed by atoms with Gasteiger partial charge in [-0.2, -0.15) is 0 Å². The van der Waals surface area contributed by atoms with Gasteiger partial charge in [-0.1, -0.05) is 19.1 Å². The third kappa shape index (κ3) is 5.48. The maximum absolute atomic E-state index is 12.0. The lowest BCUT2D eigenvalue weighted by atomic mass is 10.0. The first-order valence-electron chi connectivity index (χ1n) is 7.98. The van der Waals surface area contributed by atoms with Crippen molar-refractivity contribution in [2.24, 2.45) is 11.7 Å². The molecule has 1 saturated heterocycles. The summed E-state index contributed by atoms with van der Waals surface area (Å²) in [6, 6.07) is 7.72. The number of rotatable bonds is 5. The van der Waals surface area contributed by atoms with Gasteiger partial charge in [-0.25, -0.2) is 0 Å². The van der Waals surface area contributed by atoms with Crippen LogP contribution in [0.5, 0.6) is 0 Å². The number of hydrogen-bond acceptors (Lipinski definition) is 3. The van der Waals surface area contributed by atoms with Crippen LogP contribution in [0.15, 0.2) is 24.3 Å². The summed E-state index contributed by atoms with van der Waals surface area (Å²) in [5.74, 6) is 0.915. The van der Waals surface area contributed by atoms with E-state index in [1.54, 1.807) is 0 Å². The number of carbonyl (C=O) groups excluding carboxylic acids is 1. The largest absolute Gasteiger partial charge is 0.326 e. The average Bonchev–Trinajstić information content (AvgIpc) is 2.70. The highest BCUT2D eigenvalue weighted by molar-refractivity contribution is 5.90. The number of nitrogens with one attached hydrogen (secondary N) is 1. The van der Waals surface area contributed by atoms with Crippen LogP contribution in [0, 0.1) is 5.92 Å². The molecule has 1 atom stereocenters. The van der Waals surface area contributed by atoms with Gasteiger partial charge in [-0.15, -0.1) is 0 Å². The molecule has 1 heterocycles. The van der Waals surface area contributed by atoms with E-state index >= 15 is 0 Å². The second kappa shape index (κ2) is 8.15. The van der Waals surface area contributed by atoms with Crippen LogP contribution in [0.1, 0.15) is 38.2 Å². The first-order chi connectivity index (χ1) is 10.2. The normalized spacial score (nSPS) is 20.0. The number of benzene rings is 1. The van der Waals surface area contributed by atoms with Crippen molar-refractivity contribution in [3.8, 4) is 0 Å². The van der Waals surface area contributed by atoms with Gasteiger partial charge < -0.3 is 16.0 Å². The molecule has 1 unspecified atom stereocenters. The summed E-state index contributed by atoms with van der Waals surface area (Å²) in [4.78, 5) is 14.4. The number of anilines is 1. The van der Waals surface area contributed by atoms with Gasteiger partial charge in [0.25, 0.3) is 0 Å². The van der Waals surface area contributed by atoms with E-state index in [4.69, 9.17) is 5.73 Å². The molecule has 4 nitrogen and oxygen atoms in total. The van der Waals surface area contributed by atoms with Crippen LogP contribution < -0.4 is 11.1 Å². The highest BCUT2D eigenvalue weighted by Crippen LogP contribution is 2.16. The molecule has 21 heavy (non-hydrogen) atoms. The number of carbonyl (C=O) groups is 1. The van der Waals surface area contributed by atoms with Crippen molar-refractivity contribution in [2.75, 3.05) is 25.0 Å². The van der Waals surface area contributed by atoms with E-state index in [9.17, 15) is 4.79 Å². The molecule has 4 heteroatoms. The summed E-state index contributed by atoms with van der Waals surface area (Å²) < 4.78 is 0. The second-order valence-electron chi connectivity index (χ2n) is 6.08. The highest BCUT2D eigenvalue weighted by Gasteiger charge is 2.14. The van der Waals surface area contributed by atoms with Gasteiger partial charge in [-0.3, -0.25) is 4.79 Å². The molecule has 3 N–H and O–H groups in total. The Balaban J connectivity index is 1.73. The average molecular weight is 289 g/mol. The molecule has 116 valence electrons. The Morgan fingerprint density at radius 3 is 2.76 bits per heavy atom. The highest BCUT2D eigenvalue weighted by atomic mass is 16.1. The van der Waals surface area contributed by atoms with Gasteiger partial charge in [0.2, 0.25) is 5.91 Å². The molecule has 1 aliphatic heterocycles. The van der Waals surface area contributed by atoms with Crippen molar-refractivity contribution >= 4 is 11.6 Å².